The predicted octanol–water partition coefficient (Wildman–Crippen LogP) is -0.383. The minimum atomic E-state index is -5.68. The molecule has 174 valence electrons. The van der Waals surface area contributed by atoms with Gasteiger partial charge in [-0.2, -0.15) is 8.62 Å². The van der Waals surface area contributed by atoms with E-state index in [1.165, 1.54) is 10.9 Å². The van der Waals surface area contributed by atoms with Crippen LogP contribution in [0.1, 0.15) is 6.23 Å². The normalized spacial score (nSPS) is 28.5. The molecule has 1 aliphatic rings. The topological polar surface area (TPSA) is 259 Å². The first-order chi connectivity index (χ1) is 14.2. The van der Waals surface area contributed by atoms with Crippen LogP contribution in [0.4, 0.5) is 5.82 Å². The number of fused-ring (bicyclic) bond motifs is 1. The van der Waals surface area contributed by atoms with Crippen LogP contribution in [0.25, 0.3) is 11.2 Å². The first kappa shape index (κ1) is 24.6. The van der Waals surface area contributed by atoms with Gasteiger partial charge in [0.15, 0.2) is 17.7 Å². The Hall–Kier alpha value is -1.03. The number of hydrogen-bond acceptors (Lipinski definition) is 12. The largest absolute Gasteiger partial charge is 0.490 e. The minimum absolute atomic E-state index is 0.0811. The fourth-order valence-electron chi connectivity index (χ4n) is 2.59. The highest BCUT2D eigenvalue weighted by atomic mass is 35.5. The monoisotopic (exact) mass is 525 g/mol. The van der Waals surface area contributed by atoms with Gasteiger partial charge in [-0.05, 0) is 0 Å². The number of anilines is 1. The van der Waals surface area contributed by atoms with Crippen molar-refractivity contribution in [1.82, 2.24) is 19.5 Å². The number of aliphatic hydroxyl groups is 1. The molecule has 6 atom stereocenters. The Morgan fingerprint density at radius 3 is 2.45 bits per heavy atom. The summed E-state index contributed by atoms with van der Waals surface area (Å²) in [5, 5.41) is 9.14. The molecule has 0 aromatic carbocycles. The van der Waals surface area contributed by atoms with Crippen LogP contribution in [-0.4, -0.2) is 68.4 Å². The third-order valence-electron chi connectivity index (χ3n) is 3.77. The molecule has 0 amide bonds. The Kier molecular flexibility index (Phi) is 6.93. The summed E-state index contributed by atoms with van der Waals surface area (Å²) in [5.74, 6) is 0.0811. The molecular formula is C10H15ClN5O12P3. The summed E-state index contributed by atoms with van der Waals surface area (Å²) in [6.45, 7) is -0.881. The second-order valence-corrected chi connectivity index (χ2v) is 10.9. The van der Waals surface area contributed by atoms with Gasteiger partial charge < -0.3 is 35.2 Å². The van der Waals surface area contributed by atoms with E-state index in [2.05, 4.69) is 28.1 Å². The fourth-order valence-corrected chi connectivity index (χ4v) is 5.97. The zero-order chi connectivity index (χ0) is 23.2. The Balaban J connectivity index is 1.69. The van der Waals surface area contributed by atoms with Gasteiger partial charge >= 0.3 is 23.5 Å². The van der Waals surface area contributed by atoms with Gasteiger partial charge in [0.1, 0.15) is 29.4 Å². The molecule has 3 rings (SSSR count). The molecule has 2 aromatic rings. The second kappa shape index (κ2) is 8.72. The second-order valence-electron chi connectivity index (χ2n) is 5.97. The number of halogens is 1. The molecular weight excluding hydrogens is 511 g/mol. The van der Waals surface area contributed by atoms with Crippen molar-refractivity contribution in [3.8, 4) is 0 Å². The highest BCUT2D eigenvalue weighted by Gasteiger charge is 2.46. The number of aromatic nitrogens is 4. The van der Waals surface area contributed by atoms with E-state index in [1.807, 2.05) is 0 Å². The van der Waals surface area contributed by atoms with Crippen molar-refractivity contribution in [2.24, 2.45) is 0 Å². The van der Waals surface area contributed by atoms with Crippen LogP contribution >= 0.6 is 35.1 Å². The lowest BCUT2D eigenvalue weighted by atomic mass is 10.2. The average Bonchev–Trinajstić information content (AvgIpc) is 3.13. The van der Waals surface area contributed by atoms with Crippen molar-refractivity contribution < 1.29 is 56.3 Å². The summed E-state index contributed by atoms with van der Waals surface area (Å²) in [7, 11) is -16.6. The van der Waals surface area contributed by atoms with Crippen molar-refractivity contribution in [2.45, 2.75) is 23.8 Å². The number of nitrogens with two attached hydrogens (primary N) is 1. The van der Waals surface area contributed by atoms with Gasteiger partial charge in [-0.1, -0.05) is 0 Å². The molecule has 1 aliphatic heterocycles. The van der Waals surface area contributed by atoms with E-state index in [1.54, 1.807) is 0 Å². The predicted molar refractivity (Wildman–Crippen MR) is 99.1 cm³/mol. The molecule has 0 spiro atoms. The van der Waals surface area contributed by atoms with Gasteiger partial charge in [0.25, 0.3) is 0 Å². The number of phosphoric acid groups is 3. The van der Waals surface area contributed by atoms with E-state index >= 15 is 0 Å². The SMILES string of the molecule is Nc1ncnc2c1ncn2[C@@H]1O[C@H](COP(=O)(O)OP(=O)(O)OP(=O)(O)O)C(O)C1Cl. The number of aliphatic hydroxyl groups excluding tert-OH is 1. The summed E-state index contributed by atoms with van der Waals surface area (Å²) < 4.78 is 52.3. The molecule has 31 heavy (non-hydrogen) atoms. The Morgan fingerprint density at radius 1 is 1.13 bits per heavy atom. The molecule has 1 fully saturated rings. The molecule has 3 heterocycles. The molecule has 0 bridgehead atoms. The first-order valence-electron chi connectivity index (χ1n) is 7.88. The molecule has 2 aromatic heterocycles. The Labute approximate surface area is 177 Å². The average molecular weight is 526 g/mol. The highest BCUT2D eigenvalue weighted by Crippen LogP contribution is 2.66. The van der Waals surface area contributed by atoms with Gasteiger partial charge in [0.2, 0.25) is 0 Å². The van der Waals surface area contributed by atoms with Crippen molar-refractivity contribution in [2.75, 3.05) is 12.3 Å². The minimum Gasteiger partial charge on any atom is -0.389 e. The zero-order valence-electron chi connectivity index (χ0n) is 14.9. The van der Waals surface area contributed by atoms with E-state index in [0.29, 0.717) is 0 Å². The number of rotatable bonds is 8. The van der Waals surface area contributed by atoms with Crippen molar-refractivity contribution in [1.29, 1.82) is 0 Å². The molecule has 17 nitrogen and oxygen atoms in total. The third kappa shape index (κ3) is 5.86. The van der Waals surface area contributed by atoms with Crippen LogP contribution in [0.3, 0.4) is 0 Å². The van der Waals surface area contributed by atoms with Gasteiger partial charge in [-0.25, -0.2) is 28.6 Å². The van der Waals surface area contributed by atoms with Crippen LogP contribution in [0, 0.1) is 0 Å². The summed E-state index contributed by atoms with van der Waals surface area (Å²) in [6.07, 6.45) is -1.44. The number of alkyl halides is 1. The first-order valence-corrected chi connectivity index (χ1v) is 12.8. The van der Waals surface area contributed by atoms with Crippen LogP contribution in [0.15, 0.2) is 12.7 Å². The van der Waals surface area contributed by atoms with Crippen molar-refractivity contribution in [3.63, 3.8) is 0 Å². The van der Waals surface area contributed by atoms with Crippen LogP contribution in [0.2, 0.25) is 0 Å². The number of hydrogen-bond donors (Lipinski definition) is 6. The molecule has 0 aliphatic carbocycles. The van der Waals surface area contributed by atoms with Crippen molar-refractivity contribution in [3.05, 3.63) is 12.7 Å². The number of phosphoric ester groups is 1. The Bertz CT molecular complexity index is 1110. The maximum atomic E-state index is 11.8. The third-order valence-corrected chi connectivity index (χ3v) is 8.05. The molecule has 0 radical (unpaired) electrons. The smallest absolute Gasteiger partial charge is 0.389 e. The maximum absolute atomic E-state index is 11.8. The molecule has 7 N–H and O–H groups in total. The summed E-state index contributed by atoms with van der Waals surface area (Å²) in [4.78, 5) is 47.4. The lowest BCUT2D eigenvalue weighted by molar-refractivity contribution is -0.0422. The van der Waals surface area contributed by atoms with Crippen LogP contribution in [0.5, 0.6) is 0 Å². The van der Waals surface area contributed by atoms with E-state index in [0.717, 1.165) is 6.33 Å². The van der Waals surface area contributed by atoms with Gasteiger partial charge in [0.05, 0.1) is 12.9 Å². The van der Waals surface area contributed by atoms with E-state index < -0.39 is 53.9 Å². The number of nitrogen functional groups attached to an aromatic ring is 1. The summed E-state index contributed by atoms with van der Waals surface area (Å²) in [6, 6.07) is 0. The quantitative estimate of drug-likeness (QED) is 0.189. The number of ether oxygens (including phenoxy) is 1. The van der Waals surface area contributed by atoms with E-state index in [9.17, 15) is 23.7 Å². The molecule has 0 saturated carbocycles. The standard InChI is InChI=1S/C10H15ClN5O12P3/c11-5-7(17)4(1-25-30(21,22)28-31(23,24)27-29(18,19)20)26-10(5)16-3-15-6-8(12)13-2-14-9(6)16/h2-5,7,10,17H,1H2,(H,21,22)(H,23,24)(H2,12,13,14)(H2,18,19,20)/t4-,5?,7?,10-/m1/s1. The van der Waals surface area contributed by atoms with E-state index in [-0.39, 0.29) is 17.0 Å². The molecule has 1 saturated heterocycles. The Morgan fingerprint density at radius 2 is 1.81 bits per heavy atom. The summed E-state index contributed by atoms with van der Waals surface area (Å²) >= 11 is 6.18. The lowest BCUT2D eigenvalue weighted by Crippen LogP contribution is -2.30. The van der Waals surface area contributed by atoms with Gasteiger partial charge in [-0.15, -0.1) is 11.6 Å². The highest BCUT2D eigenvalue weighted by molar-refractivity contribution is 7.66. The fraction of sp³-hybridized carbons (Fsp3) is 0.500. The zero-order valence-corrected chi connectivity index (χ0v) is 18.3. The van der Waals surface area contributed by atoms with Crippen molar-refractivity contribution >= 4 is 52.1 Å². The molecule has 4 unspecified atom stereocenters. The molecule has 21 heteroatoms. The number of nitrogens with zero attached hydrogens (tertiary/aromatic N) is 4. The van der Waals surface area contributed by atoms with Crippen LogP contribution < -0.4 is 5.73 Å². The maximum Gasteiger partial charge on any atom is 0.490 e. The van der Waals surface area contributed by atoms with Gasteiger partial charge in [0, 0.05) is 0 Å². The van der Waals surface area contributed by atoms with Crippen LogP contribution in [-0.2, 0) is 31.6 Å². The van der Waals surface area contributed by atoms with Gasteiger partial charge in [-0.3, -0.25) is 9.09 Å². The number of imidazole rings is 1. The van der Waals surface area contributed by atoms with E-state index in [4.69, 9.17) is 36.8 Å². The summed E-state index contributed by atoms with van der Waals surface area (Å²) in [5.41, 5.74) is 6.16. The lowest BCUT2D eigenvalue weighted by Gasteiger charge is -2.19.